The maximum absolute atomic E-state index is 12.5. The molecule has 2 aromatic carbocycles. The fourth-order valence-electron chi connectivity index (χ4n) is 3.88. The van der Waals surface area contributed by atoms with Crippen molar-refractivity contribution in [2.75, 3.05) is 20.3 Å². The summed E-state index contributed by atoms with van der Waals surface area (Å²) in [5.41, 5.74) is 3.89. The zero-order chi connectivity index (χ0) is 24.0. The van der Waals surface area contributed by atoms with Crippen molar-refractivity contribution < 1.29 is 29.0 Å². The molecular formula is C25H30N2O6. The van der Waals surface area contributed by atoms with E-state index in [-0.39, 0.29) is 19.1 Å². The van der Waals surface area contributed by atoms with Gasteiger partial charge in [0.15, 0.2) is 0 Å². The lowest BCUT2D eigenvalue weighted by atomic mass is 9.98. The Morgan fingerprint density at radius 2 is 1.61 bits per heavy atom. The second kappa shape index (κ2) is 10.5. The van der Waals surface area contributed by atoms with Gasteiger partial charge in [-0.15, -0.1) is 0 Å². The number of aliphatic carboxylic acids is 1. The summed E-state index contributed by atoms with van der Waals surface area (Å²) >= 11 is 0. The van der Waals surface area contributed by atoms with Crippen molar-refractivity contribution in [1.29, 1.82) is 0 Å². The van der Waals surface area contributed by atoms with Crippen LogP contribution in [0.4, 0.5) is 4.79 Å². The van der Waals surface area contributed by atoms with Crippen LogP contribution in [-0.2, 0) is 19.1 Å². The maximum Gasteiger partial charge on any atom is 0.407 e. The van der Waals surface area contributed by atoms with E-state index in [2.05, 4.69) is 10.6 Å². The van der Waals surface area contributed by atoms with Crippen LogP contribution < -0.4 is 10.6 Å². The van der Waals surface area contributed by atoms with E-state index in [1.807, 2.05) is 62.4 Å². The van der Waals surface area contributed by atoms with Crippen LogP contribution in [0.25, 0.3) is 11.1 Å². The molecule has 2 aromatic rings. The van der Waals surface area contributed by atoms with Gasteiger partial charge in [-0.3, -0.25) is 9.59 Å². The standard InChI is InChI=1S/C25H30N2O6/c1-25(2,32-3)12-13-26-23(30)21(14-22(28)29)27-24(31)33-15-20-18-10-6-4-8-16(18)17-9-5-7-11-19(17)20/h4-11,20-21H,12-15H2,1-3H3,(H,26,30)(H,27,31)(H,28,29). The Hall–Kier alpha value is -3.39. The molecule has 1 unspecified atom stereocenters. The molecule has 0 radical (unpaired) electrons. The number of nitrogens with one attached hydrogen (secondary N) is 2. The summed E-state index contributed by atoms with van der Waals surface area (Å²) in [4.78, 5) is 36.2. The molecule has 0 aromatic heterocycles. The van der Waals surface area contributed by atoms with Crippen molar-refractivity contribution in [3.05, 3.63) is 59.7 Å². The van der Waals surface area contributed by atoms with Crippen LogP contribution >= 0.6 is 0 Å². The minimum absolute atomic E-state index is 0.0727. The van der Waals surface area contributed by atoms with Gasteiger partial charge in [0.25, 0.3) is 0 Å². The Kier molecular flexibility index (Phi) is 7.71. The third kappa shape index (κ3) is 6.10. The number of benzene rings is 2. The molecule has 8 heteroatoms. The predicted molar refractivity (Wildman–Crippen MR) is 123 cm³/mol. The fourth-order valence-corrected chi connectivity index (χ4v) is 3.88. The van der Waals surface area contributed by atoms with Gasteiger partial charge in [-0.2, -0.15) is 0 Å². The normalized spacial score (nSPS) is 13.5. The minimum Gasteiger partial charge on any atom is -0.481 e. The van der Waals surface area contributed by atoms with Crippen LogP contribution in [0.1, 0.15) is 43.7 Å². The van der Waals surface area contributed by atoms with E-state index in [4.69, 9.17) is 14.6 Å². The Labute approximate surface area is 193 Å². The first kappa shape index (κ1) is 24.3. The molecule has 1 atom stereocenters. The highest BCUT2D eigenvalue weighted by atomic mass is 16.5. The number of rotatable bonds is 10. The largest absolute Gasteiger partial charge is 0.481 e. The van der Waals surface area contributed by atoms with E-state index in [0.717, 1.165) is 22.3 Å². The highest BCUT2D eigenvalue weighted by Gasteiger charge is 2.30. The lowest BCUT2D eigenvalue weighted by molar-refractivity contribution is -0.139. The molecule has 0 saturated carbocycles. The van der Waals surface area contributed by atoms with Crippen LogP contribution in [0.15, 0.2) is 48.5 Å². The number of ether oxygens (including phenoxy) is 2. The Morgan fingerprint density at radius 3 is 2.15 bits per heavy atom. The van der Waals surface area contributed by atoms with E-state index in [0.29, 0.717) is 6.42 Å². The molecule has 3 rings (SSSR count). The quantitative estimate of drug-likeness (QED) is 0.508. The Balaban J connectivity index is 1.60. The molecule has 0 bridgehead atoms. The summed E-state index contributed by atoms with van der Waals surface area (Å²) in [5, 5.41) is 14.2. The van der Waals surface area contributed by atoms with Gasteiger partial charge < -0.3 is 25.2 Å². The number of carbonyl (C=O) groups is 3. The molecule has 3 N–H and O–H groups in total. The molecule has 0 fully saturated rings. The third-order valence-corrected chi connectivity index (χ3v) is 5.91. The van der Waals surface area contributed by atoms with Gasteiger partial charge in [0.05, 0.1) is 12.0 Å². The lowest BCUT2D eigenvalue weighted by Crippen LogP contribution is -2.49. The Bertz CT molecular complexity index is 974. The minimum atomic E-state index is -1.25. The molecule has 8 nitrogen and oxygen atoms in total. The zero-order valence-electron chi connectivity index (χ0n) is 19.1. The molecular weight excluding hydrogens is 424 g/mol. The maximum atomic E-state index is 12.5. The number of hydrogen-bond donors (Lipinski definition) is 3. The third-order valence-electron chi connectivity index (χ3n) is 5.91. The van der Waals surface area contributed by atoms with Gasteiger partial charge in [0.1, 0.15) is 12.6 Å². The second-order valence-corrected chi connectivity index (χ2v) is 8.63. The number of fused-ring (bicyclic) bond motifs is 3. The second-order valence-electron chi connectivity index (χ2n) is 8.63. The van der Waals surface area contributed by atoms with Crippen LogP contribution in [0.2, 0.25) is 0 Å². The van der Waals surface area contributed by atoms with Gasteiger partial charge in [-0.05, 0) is 42.5 Å². The monoisotopic (exact) mass is 454 g/mol. The first-order valence-electron chi connectivity index (χ1n) is 10.9. The predicted octanol–water partition coefficient (Wildman–Crippen LogP) is 3.30. The van der Waals surface area contributed by atoms with E-state index >= 15 is 0 Å². The molecule has 0 heterocycles. The zero-order valence-corrected chi connectivity index (χ0v) is 19.1. The number of alkyl carbamates (subject to hydrolysis) is 1. The molecule has 176 valence electrons. The summed E-state index contributed by atoms with van der Waals surface area (Å²) in [7, 11) is 1.58. The highest BCUT2D eigenvalue weighted by Crippen LogP contribution is 2.44. The molecule has 0 aliphatic heterocycles. The lowest BCUT2D eigenvalue weighted by Gasteiger charge is -2.23. The summed E-state index contributed by atoms with van der Waals surface area (Å²) in [6.07, 6.45) is -0.862. The number of carboxylic acids is 1. The van der Waals surface area contributed by atoms with Gasteiger partial charge in [0, 0.05) is 19.6 Å². The molecule has 1 aliphatic rings. The SMILES string of the molecule is COC(C)(C)CCNC(=O)C(CC(=O)O)NC(=O)OCC1c2ccccc2-c2ccccc21. The number of amides is 2. The molecule has 0 saturated heterocycles. The number of methoxy groups -OCH3 is 1. The number of hydrogen-bond acceptors (Lipinski definition) is 5. The smallest absolute Gasteiger partial charge is 0.407 e. The summed E-state index contributed by atoms with van der Waals surface area (Å²) < 4.78 is 10.7. The summed E-state index contributed by atoms with van der Waals surface area (Å²) in [5.74, 6) is -1.92. The topological polar surface area (TPSA) is 114 Å². The average molecular weight is 455 g/mol. The van der Waals surface area contributed by atoms with E-state index in [1.54, 1.807) is 7.11 Å². The van der Waals surface area contributed by atoms with Crippen molar-refractivity contribution in [2.45, 2.75) is 44.2 Å². The van der Waals surface area contributed by atoms with Crippen LogP contribution in [0.5, 0.6) is 0 Å². The summed E-state index contributed by atoms with van der Waals surface area (Å²) in [6.45, 7) is 4.11. The van der Waals surface area contributed by atoms with Crippen LogP contribution in [0, 0.1) is 0 Å². The van der Waals surface area contributed by atoms with Crippen molar-refractivity contribution in [3.63, 3.8) is 0 Å². The number of carboxylic acid groups (broad SMARTS) is 1. The van der Waals surface area contributed by atoms with Crippen molar-refractivity contribution in [2.24, 2.45) is 0 Å². The molecule has 33 heavy (non-hydrogen) atoms. The molecule has 1 aliphatic carbocycles. The van der Waals surface area contributed by atoms with E-state index in [1.165, 1.54) is 0 Å². The molecule has 0 spiro atoms. The van der Waals surface area contributed by atoms with Crippen molar-refractivity contribution in [3.8, 4) is 11.1 Å². The number of carbonyl (C=O) groups excluding carboxylic acids is 2. The Morgan fingerprint density at radius 1 is 1.03 bits per heavy atom. The van der Waals surface area contributed by atoms with Crippen molar-refractivity contribution in [1.82, 2.24) is 10.6 Å². The van der Waals surface area contributed by atoms with E-state index in [9.17, 15) is 14.4 Å². The average Bonchev–Trinajstić information content (AvgIpc) is 3.10. The van der Waals surface area contributed by atoms with Crippen molar-refractivity contribution >= 4 is 18.0 Å². The van der Waals surface area contributed by atoms with Gasteiger partial charge >= 0.3 is 12.1 Å². The van der Waals surface area contributed by atoms with Gasteiger partial charge in [0.2, 0.25) is 5.91 Å². The van der Waals surface area contributed by atoms with Gasteiger partial charge in [-0.25, -0.2) is 4.79 Å². The fraction of sp³-hybridized carbons (Fsp3) is 0.400. The van der Waals surface area contributed by atoms with E-state index < -0.39 is 36.0 Å². The van der Waals surface area contributed by atoms with Crippen LogP contribution in [-0.4, -0.2) is 55.0 Å². The summed E-state index contributed by atoms with van der Waals surface area (Å²) in [6, 6.07) is 14.6. The first-order valence-corrected chi connectivity index (χ1v) is 10.9. The van der Waals surface area contributed by atoms with Gasteiger partial charge in [-0.1, -0.05) is 48.5 Å². The molecule has 2 amide bonds. The first-order chi connectivity index (χ1) is 15.7. The highest BCUT2D eigenvalue weighted by molar-refractivity contribution is 5.89. The van der Waals surface area contributed by atoms with Crippen LogP contribution in [0.3, 0.4) is 0 Å².